The Balaban J connectivity index is 0.000000272. The molecule has 0 aliphatic rings. The number of hydrogen-bond acceptors (Lipinski definition) is 13. The van der Waals surface area contributed by atoms with Crippen molar-refractivity contribution in [3.05, 3.63) is 317 Å². The topological polar surface area (TPSA) is 386 Å². The fourth-order valence-corrected chi connectivity index (χ4v) is 11.9. The van der Waals surface area contributed by atoms with Gasteiger partial charge in [-0.05, 0) is 236 Å². The molecule has 9 rings (SSSR count). The first-order valence-electron chi connectivity index (χ1n) is 36.8. The van der Waals surface area contributed by atoms with Crippen LogP contribution >= 0.6 is 0 Å². The first-order chi connectivity index (χ1) is 54.9. The molecule has 9 aromatic rings. The van der Waals surface area contributed by atoms with E-state index in [0.717, 1.165) is 0 Å². The molecule has 6 aromatic carbocycles. The summed E-state index contributed by atoms with van der Waals surface area (Å²) in [4.78, 5) is 129. The van der Waals surface area contributed by atoms with Crippen molar-refractivity contribution in [3.8, 4) is 0 Å². The van der Waals surface area contributed by atoms with Crippen molar-refractivity contribution in [2.24, 2.45) is 32.9 Å². The number of aliphatic imine (C=N–C) groups is 2. The molecule has 0 fully saturated rings. The number of guanidine groups is 1. The quantitative estimate of drug-likeness (QED) is 0.00665. The van der Waals surface area contributed by atoms with Gasteiger partial charge >= 0.3 is 23.9 Å². The zero-order chi connectivity index (χ0) is 85.1. The van der Waals surface area contributed by atoms with Gasteiger partial charge in [0.2, 0.25) is 0 Å². The van der Waals surface area contributed by atoms with Crippen molar-refractivity contribution in [1.82, 2.24) is 29.7 Å². The maximum atomic E-state index is 13.7. The second-order valence-corrected chi connectivity index (χ2v) is 28.8. The molecule has 0 unspecified atom stereocenters. The van der Waals surface area contributed by atoms with E-state index >= 15 is 0 Å². The number of hydrogen-bond donors (Lipinski definition) is 9. The minimum atomic E-state index is -1.26. The number of pyridine rings is 3. The Morgan fingerprint density at radius 1 is 0.410 bits per heavy atom. The summed E-state index contributed by atoms with van der Waals surface area (Å²) in [5.74, 6) is -6.89. The Kier molecular flexibility index (Phi) is 34.3. The summed E-state index contributed by atoms with van der Waals surface area (Å²) >= 11 is 0. The lowest BCUT2D eigenvalue weighted by atomic mass is 9.98. The fraction of sp³-hybridized carbons (Fsp3) is 0.302. The van der Waals surface area contributed by atoms with Gasteiger partial charge in [-0.2, -0.15) is 0 Å². The number of carboxylic acid groups (broad SMARTS) is 1. The Morgan fingerprint density at radius 2 is 0.650 bits per heavy atom. The van der Waals surface area contributed by atoms with E-state index in [1.54, 1.807) is 55.4 Å². The highest BCUT2D eigenvalue weighted by Gasteiger charge is 2.32. The number of aromatic nitrogens is 3. The number of nitrogens with one attached hydrogen (secondary N) is 4. The fourth-order valence-electron chi connectivity index (χ4n) is 11.9. The molecule has 13 N–H and O–H groups in total. The lowest BCUT2D eigenvalue weighted by Gasteiger charge is -2.25. The van der Waals surface area contributed by atoms with Crippen LogP contribution in [0.15, 0.2) is 225 Å². The van der Waals surface area contributed by atoms with Crippen molar-refractivity contribution >= 4 is 53.3 Å². The number of nitrogens with zero attached hydrogens (tertiary/aromatic N) is 5. The zero-order valence-electron chi connectivity index (χ0n) is 65.1. The van der Waals surface area contributed by atoms with Crippen LogP contribution in [0.4, 0.5) is 26.3 Å². The predicted octanol–water partition coefficient (Wildman–Crippen LogP) is 9.44. The van der Waals surface area contributed by atoms with Crippen LogP contribution in [0.3, 0.4) is 0 Å². The second-order valence-electron chi connectivity index (χ2n) is 28.8. The van der Waals surface area contributed by atoms with Crippen molar-refractivity contribution in [3.63, 3.8) is 0 Å². The van der Waals surface area contributed by atoms with Crippen molar-refractivity contribution in [2.45, 2.75) is 149 Å². The minimum absolute atomic E-state index is 0. The lowest BCUT2D eigenvalue weighted by molar-refractivity contribution is -0.459. The lowest BCUT2D eigenvalue weighted by Crippen LogP contribution is -2.78. The van der Waals surface area contributed by atoms with Crippen molar-refractivity contribution in [2.75, 3.05) is 19.6 Å². The molecular weight excluding hydrogens is 1520 g/mol. The summed E-state index contributed by atoms with van der Waals surface area (Å²) in [6.45, 7) is 14.6. The molecular formula is C86H98F6N13O12+. The van der Waals surface area contributed by atoms with Crippen LogP contribution in [0.2, 0.25) is 0 Å². The largest absolute Gasteiger partial charge is 0.480 e. The number of ether oxygens (including phenoxy) is 2. The zero-order valence-corrected chi connectivity index (χ0v) is 65.1. The van der Waals surface area contributed by atoms with Gasteiger partial charge in [-0.3, -0.25) is 55.2 Å². The molecule has 620 valence electrons. The first kappa shape index (κ1) is 92.6. The van der Waals surface area contributed by atoms with Crippen LogP contribution in [0, 0.1) is 34.9 Å². The normalized spacial score (nSPS) is 12.3. The molecule has 0 spiro atoms. The average molecular weight is 1620 g/mol. The first-order valence-corrected chi connectivity index (χ1v) is 36.8. The van der Waals surface area contributed by atoms with Crippen LogP contribution in [-0.2, 0) is 23.9 Å². The molecule has 0 aliphatic heterocycles. The van der Waals surface area contributed by atoms with Gasteiger partial charge in [0.1, 0.15) is 80.9 Å². The standard InChI is InChI=1S/2C30H34F2N4O4.C25H25F2N5O4.CH4/c2*1-19(33)34-17-5-8-25(29(39)40-30(2,3)4)35-27(37)24-7-6-18-36(28(24)38)26(20-9-13-22(31)14-10-20)21-11-15-23(32)16-12-21;26-17-9-5-15(6-10-17)21(16-7-11-18(27)12-8-16)32-14-2-3-19(23(32)34)22(33)31-20(24(35)36)4-1-13-30-25(28)29;/h2*6-7,9-16,18,25-26H,5,8,17H2,1-4H3,(H2,33,34)(H,35,37);2-3,5-12,14,20-21H,1,4,13H2,(H,31,33)(H,35,36)(H4,28,29,30);1H4/p+1/t2*25-;20-;/m000./s1. The molecule has 0 aliphatic carbocycles. The molecule has 3 amide bonds. The van der Waals surface area contributed by atoms with Crippen molar-refractivity contribution < 1.29 is 74.7 Å². The number of aliphatic carboxylic acids is 1. The molecule has 31 heteroatoms. The van der Waals surface area contributed by atoms with E-state index in [2.05, 4.69) is 30.9 Å². The highest BCUT2D eigenvalue weighted by atomic mass is 19.1. The van der Waals surface area contributed by atoms with E-state index < -0.39 is 135 Å². The van der Waals surface area contributed by atoms with Gasteiger partial charge in [-0.1, -0.05) is 80.2 Å². The van der Waals surface area contributed by atoms with Crippen LogP contribution in [0.25, 0.3) is 0 Å². The summed E-state index contributed by atoms with van der Waals surface area (Å²) in [6, 6.07) is 36.0. The number of nitrogens with two attached hydrogens (primary N) is 4. The molecule has 117 heavy (non-hydrogen) atoms. The predicted molar refractivity (Wildman–Crippen MR) is 433 cm³/mol. The third-order valence-electron chi connectivity index (χ3n) is 17.2. The number of benzene rings is 6. The van der Waals surface area contributed by atoms with E-state index in [0.29, 0.717) is 83.9 Å². The van der Waals surface area contributed by atoms with Gasteiger partial charge in [0.15, 0.2) is 0 Å². The summed E-state index contributed by atoms with van der Waals surface area (Å²) in [5, 5.41) is 17.2. The van der Waals surface area contributed by atoms with Crippen LogP contribution < -0.4 is 60.6 Å². The number of amides is 3. The second kappa shape index (κ2) is 43.3. The van der Waals surface area contributed by atoms with Gasteiger partial charge in [-0.15, -0.1) is 0 Å². The number of rotatable bonds is 30. The third kappa shape index (κ3) is 28.4. The maximum absolute atomic E-state index is 13.7. The molecule has 3 heterocycles. The summed E-state index contributed by atoms with van der Waals surface area (Å²) in [6.07, 6.45) is 6.15. The van der Waals surface area contributed by atoms with Gasteiger partial charge < -0.3 is 55.7 Å². The van der Waals surface area contributed by atoms with Crippen LogP contribution in [0.1, 0.15) is 184 Å². The van der Waals surface area contributed by atoms with E-state index in [4.69, 9.17) is 32.4 Å². The molecule has 0 bridgehead atoms. The molecule has 0 saturated carbocycles. The van der Waals surface area contributed by atoms with Gasteiger partial charge in [-0.25, -0.2) is 40.7 Å². The number of carbonyl (C=O) groups excluding carboxylic acids is 5. The molecule has 3 aromatic heterocycles. The van der Waals surface area contributed by atoms with E-state index in [1.807, 2.05) is 0 Å². The van der Waals surface area contributed by atoms with E-state index in [9.17, 15) is 74.6 Å². The maximum Gasteiger partial charge on any atom is 0.338 e. The van der Waals surface area contributed by atoms with Crippen molar-refractivity contribution in [1.29, 1.82) is 0 Å². The molecule has 0 radical (unpaired) electrons. The Labute approximate surface area is 672 Å². The van der Waals surface area contributed by atoms with Gasteiger partial charge in [0.25, 0.3) is 34.4 Å². The molecule has 0 saturated heterocycles. The number of halogens is 6. The highest BCUT2D eigenvalue weighted by molar-refractivity contribution is 5.98. The monoisotopic (exact) mass is 1620 g/mol. The van der Waals surface area contributed by atoms with Gasteiger partial charge in [0.05, 0.1) is 36.3 Å². The number of carbonyl (C=O) groups is 6. The Bertz CT molecular complexity index is 4780. The number of carboxylic acids is 1. The average Bonchev–Trinajstić information content (AvgIpc) is 0.795. The van der Waals surface area contributed by atoms with E-state index in [1.165, 1.54) is 214 Å². The third-order valence-corrected chi connectivity index (χ3v) is 17.2. The summed E-state index contributed by atoms with van der Waals surface area (Å²) in [7, 11) is 0. The minimum Gasteiger partial charge on any atom is -0.480 e. The highest BCUT2D eigenvalue weighted by Crippen LogP contribution is 2.30. The van der Waals surface area contributed by atoms with E-state index in [-0.39, 0.29) is 49.3 Å². The summed E-state index contributed by atoms with van der Waals surface area (Å²) < 4.78 is 96.7. The molecule has 25 nitrogen and oxygen atoms in total. The summed E-state index contributed by atoms with van der Waals surface area (Å²) in [5.41, 5.74) is 20.7. The Hall–Kier alpha value is -13.2. The van der Waals surface area contributed by atoms with Crippen LogP contribution in [0.5, 0.6) is 0 Å². The van der Waals surface area contributed by atoms with Crippen LogP contribution in [-0.4, -0.2) is 121 Å². The van der Waals surface area contributed by atoms with Gasteiger partial charge in [0, 0.05) is 31.7 Å². The smallest absolute Gasteiger partial charge is 0.338 e. The SMILES string of the molecule is C.CC(N)=NCCC[C@H](NC(=O)c1cccn(C(c2ccc(F)cc2)c2ccc(F)cc2)c1=O)C(=O)OC(C)(C)C.CC(N)=NCCC[C@H](NC(=O)c1cccn(C(c2ccc(F)cc2)c2ccc(F)cc2)c1=O)C(=O)OC(C)(C)C.NC(N)=[NH+]CCC[C@H](NC(=O)c1cccn(C(c2ccc(F)cc2)c2ccc(F)cc2)c1=O)C(=O)O. The molecule has 3 atom stereocenters. The number of amidine groups is 2. The Morgan fingerprint density at radius 3 is 0.872 bits per heavy atom. The number of esters is 2.